The number of ether oxygens (including phenoxy) is 1. The second kappa shape index (κ2) is 7.97. The number of hydrogen-bond acceptors (Lipinski definition) is 4. The molecular weight excluding hydrogens is 268 g/mol. The zero-order chi connectivity index (χ0) is 15.1. The minimum Gasteiger partial charge on any atom is -0.379 e. The number of rotatable bonds is 5. The van der Waals surface area contributed by atoms with Gasteiger partial charge >= 0.3 is 6.03 Å². The Morgan fingerprint density at radius 2 is 2.14 bits per heavy atom. The number of urea groups is 1. The van der Waals surface area contributed by atoms with E-state index in [4.69, 9.17) is 4.74 Å². The molecule has 2 amide bonds. The highest BCUT2D eigenvalue weighted by Crippen LogP contribution is 2.17. The molecule has 3 N–H and O–H groups in total. The predicted octanol–water partition coefficient (Wildman–Crippen LogP) is 1.73. The van der Waals surface area contributed by atoms with Gasteiger partial charge in [-0.05, 0) is 31.2 Å². The maximum absolute atomic E-state index is 12.0. The van der Waals surface area contributed by atoms with Crippen molar-refractivity contribution >= 4 is 11.7 Å². The van der Waals surface area contributed by atoms with Gasteiger partial charge in [0.2, 0.25) is 0 Å². The maximum Gasteiger partial charge on any atom is 0.333 e. The van der Waals surface area contributed by atoms with Crippen LogP contribution in [0.1, 0.15) is 25.5 Å². The highest BCUT2D eigenvalue weighted by molar-refractivity contribution is 5.88. The number of nitrogens with one attached hydrogen (secondary N) is 3. The number of carbonyl (C=O) groups is 1. The van der Waals surface area contributed by atoms with Crippen molar-refractivity contribution in [1.29, 1.82) is 0 Å². The standard InChI is InChI=1S/C15H24N4O2/c1-3-16-12(2)13-5-4-6-14(11-13)17-15(20)18-19-7-9-21-10-8-19/h4-6,11-12,16H,3,7-10H2,1-2H3,(H2,17,18,20). The summed E-state index contributed by atoms with van der Waals surface area (Å²) in [6.45, 7) is 7.82. The summed E-state index contributed by atoms with van der Waals surface area (Å²) in [5.74, 6) is 0. The third-order valence-electron chi connectivity index (χ3n) is 3.43. The number of anilines is 1. The van der Waals surface area contributed by atoms with Crippen LogP contribution in [-0.4, -0.2) is 43.9 Å². The van der Waals surface area contributed by atoms with E-state index in [1.165, 1.54) is 0 Å². The molecule has 0 aliphatic carbocycles. The van der Waals surface area contributed by atoms with Crippen molar-refractivity contribution < 1.29 is 9.53 Å². The van der Waals surface area contributed by atoms with Crippen molar-refractivity contribution in [2.75, 3.05) is 38.2 Å². The Morgan fingerprint density at radius 1 is 1.38 bits per heavy atom. The van der Waals surface area contributed by atoms with Crippen molar-refractivity contribution in [2.45, 2.75) is 19.9 Å². The first kappa shape index (κ1) is 15.8. The van der Waals surface area contributed by atoms with Gasteiger partial charge in [0.25, 0.3) is 0 Å². The number of carbonyl (C=O) groups excluding carboxylic acids is 1. The van der Waals surface area contributed by atoms with Gasteiger partial charge < -0.3 is 15.4 Å². The summed E-state index contributed by atoms with van der Waals surface area (Å²) in [5.41, 5.74) is 4.78. The van der Waals surface area contributed by atoms with E-state index in [2.05, 4.69) is 36.0 Å². The summed E-state index contributed by atoms with van der Waals surface area (Å²) in [7, 11) is 0. The van der Waals surface area contributed by atoms with Gasteiger partial charge in [-0.3, -0.25) is 5.43 Å². The van der Waals surface area contributed by atoms with E-state index < -0.39 is 0 Å². The second-order valence-corrected chi connectivity index (χ2v) is 5.07. The van der Waals surface area contributed by atoms with Gasteiger partial charge in [-0.2, -0.15) is 0 Å². The molecule has 0 radical (unpaired) electrons. The number of benzene rings is 1. The van der Waals surface area contributed by atoms with Gasteiger partial charge in [0.15, 0.2) is 0 Å². The number of hydrazine groups is 1. The SMILES string of the molecule is CCNC(C)c1cccc(NC(=O)NN2CCOCC2)c1. The van der Waals surface area contributed by atoms with Crippen LogP contribution in [0.25, 0.3) is 0 Å². The Kier molecular flexibility index (Phi) is 5.98. The summed E-state index contributed by atoms with van der Waals surface area (Å²) >= 11 is 0. The zero-order valence-electron chi connectivity index (χ0n) is 12.7. The molecule has 1 atom stereocenters. The molecule has 1 unspecified atom stereocenters. The van der Waals surface area contributed by atoms with Crippen LogP contribution >= 0.6 is 0 Å². The smallest absolute Gasteiger partial charge is 0.333 e. The minimum absolute atomic E-state index is 0.217. The fraction of sp³-hybridized carbons (Fsp3) is 0.533. The van der Waals surface area contributed by atoms with E-state index in [-0.39, 0.29) is 12.1 Å². The van der Waals surface area contributed by atoms with Gasteiger partial charge in [0.05, 0.1) is 13.2 Å². The van der Waals surface area contributed by atoms with Crippen molar-refractivity contribution in [2.24, 2.45) is 0 Å². The zero-order valence-corrected chi connectivity index (χ0v) is 12.7. The van der Waals surface area contributed by atoms with Gasteiger partial charge in [-0.25, -0.2) is 9.80 Å². The summed E-state index contributed by atoms with van der Waals surface area (Å²) in [6.07, 6.45) is 0. The molecule has 1 aliphatic rings. The van der Waals surface area contributed by atoms with Crippen LogP contribution in [0.15, 0.2) is 24.3 Å². The Bertz CT molecular complexity index is 461. The fourth-order valence-corrected chi connectivity index (χ4v) is 2.29. The first-order valence-corrected chi connectivity index (χ1v) is 7.42. The highest BCUT2D eigenvalue weighted by atomic mass is 16.5. The fourth-order valence-electron chi connectivity index (χ4n) is 2.29. The van der Waals surface area contributed by atoms with Crippen molar-refractivity contribution in [3.8, 4) is 0 Å². The normalized spacial score (nSPS) is 17.2. The molecule has 0 bridgehead atoms. The molecule has 6 heteroatoms. The van der Waals surface area contributed by atoms with Crippen molar-refractivity contribution in [3.05, 3.63) is 29.8 Å². The maximum atomic E-state index is 12.0. The Balaban J connectivity index is 1.89. The molecule has 0 spiro atoms. The third kappa shape index (κ3) is 5.00. The van der Waals surface area contributed by atoms with E-state index in [9.17, 15) is 4.79 Å². The van der Waals surface area contributed by atoms with Gasteiger partial charge in [-0.1, -0.05) is 19.1 Å². The average Bonchev–Trinajstić information content (AvgIpc) is 2.48. The van der Waals surface area contributed by atoms with Crippen LogP contribution in [0.5, 0.6) is 0 Å². The first-order chi connectivity index (χ1) is 10.2. The summed E-state index contributed by atoms with van der Waals surface area (Å²) < 4.78 is 5.24. The molecule has 116 valence electrons. The van der Waals surface area contributed by atoms with Gasteiger partial charge in [-0.15, -0.1) is 0 Å². The lowest BCUT2D eigenvalue weighted by molar-refractivity contribution is 0.0207. The van der Waals surface area contributed by atoms with E-state index in [0.717, 1.165) is 17.8 Å². The topological polar surface area (TPSA) is 65.6 Å². The number of morpholine rings is 1. The molecule has 1 saturated heterocycles. The molecule has 21 heavy (non-hydrogen) atoms. The van der Waals surface area contributed by atoms with E-state index in [0.29, 0.717) is 26.3 Å². The lowest BCUT2D eigenvalue weighted by atomic mass is 10.1. The van der Waals surface area contributed by atoms with E-state index in [1.807, 2.05) is 23.2 Å². The van der Waals surface area contributed by atoms with Crippen LogP contribution in [-0.2, 0) is 4.74 Å². The quantitative estimate of drug-likeness (QED) is 0.773. The van der Waals surface area contributed by atoms with E-state index >= 15 is 0 Å². The molecule has 0 saturated carbocycles. The molecule has 1 aromatic carbocycles. The number of amides is 2. The van der Waals surface area contributed by atoms with Crippen LogP contribution in [0.4, 0.5) is 10.5 Å². The molecule has 1 aliphatic heterocycles. The third-order valence-corrected chi connectivity index (χ3v) is 3.43. The Labute approximate surface area is 125 Å². The molecule has 2 rings (SSSR count). The largest absolute Gasteiger partial charge is 0.379 e. The highest BCUT2D eigenvalue weighted by Gasteiger charge is 2.13. The number of nitrogens with zero attached hydrogens (tertiary/aromatic N) is 1. The van der Waals surface area contributed by atoms with Crippen LogP contribution < -0.4 is 16.1 Å². The van der Waals surface area contributed by atoms with Gasteiger partial charge in [0, 0.05) is 24.8 Å². The van der Waals surface area contributed by atoms with Crippen molar-refractivity contribution in [1.82, 2.24) is 15.8 Å². The van der Waals surface area contributed by atoms with E-state index in [1.54, 1.807) is 0 Å². The Morgan fingerprint density at radius 3 is 2.86 bits per heavy atom. The summed E-state index contributed by atoms with van der Waals surface area (Å²) in [6, 6.07) is 7.93. The average molecular weight is 292 g/mol. The lowest BCUT2D eigenvalue weighted by Gasteiger charge is -2.27. The Hall–Kier alpha value is -1.63. The minimum atomic E-state index is -0.217. The number of hydrogen-bond donors (Lipinski definition) is 3. The molecule has 0 aromatic heterocycles. The molecule has 1 heterocycles. The van der Waals surface area contributed by atoms with Crippen molar-refractivity contribution in [3.63, 3.8) is 0 Å². The molecule has 6 nitrogen and oxygen atoms in total. The second-order valence-electron chi connectivity index (χ2n) is 5.07. The predicted molar refractivity (Wildman–Crippen MR) is 83.1 cm³/mol. The van der Waals surface area contributed by atoms with Crippen LogP contribution in [0.2, 0.25) is 0 Å². The lowest BCUT2D eigenvalue weighted by Crippen LogP contribution is -2.49. The van der Waals surface area contributed by atoms with Crippen LogP contribution in [0.3, 0.4) is 0 Å². The monoisotopic (exact) mass is 292 g/mol. The van der Waals surface area contributed by atoms with Crippen LogP contribution in [0, 0.1) is 0 Å². The molecule has 1 fully saturated rings. The summed E-state index contributed by atoms with van der Waals surface area (Å²) in [5, 5.41) is 8.09. The first-order valence-electron chi connectivity index (χ1n) is 7.42. The molecular formula is C15H24N4O2. The summed E-state index contributed by atoms with van der Waals surface area (Å²) in [4.78, 5) is 12.0. The molecule has 1 aromatic rings. The van der Waals surface area contributed by atoms with Gasteiger partial charge in [0.1, 0.15) is 0 Å².